The van der Waals surface area contributed by atoms with Gasteiger partial charge < -0.3 is 10.0 Å². The molecule has 1 N–H and O–H groups in total. The van der Waals surface area contributed by atoms with E-state index < -0.39 is 11.4 Å². The van der Waals surface area contributed by atoms with Crippen molar-refractivity contribution in [1.29, 1.82) is 0 Å². The Kier molecular flexibility index (Phi) is 2.65. The molecule has 1 aliphatic rings. The highest BCUT2D eigenvalue weighted by Gasteiger charge is 2.40. The summed E-state index contributed by atoms with van der Waals surface area (Å²) < 4.78 is 0. The molecule has 0 aliphatic carbocycles. The van der Waals surface area contributed by atoms with Gasteiger partial charge in [0.2, 0.25) is 5.91 Å². The summed E-state index contributed by atoms with van der Waals surface area (Å²) >= 11 is 0. The third-order valence-electron chi connectivity index (χ3n) is 3.20. The van der Waals surface area contributed by atoms with E-state index in [4.69, 9.17) is 5.11 Å². The molecule has 0 saturated carbocycles. The Morgan fingerprint density at radius 3 is 2.06 bits per heavy atom. The number of fused-ring (bicyclic) bond motifs is 1. The molecule has 0 unspecified atom stereocenters. The predicted molar refractivity (Wildman–Crippen MR) is 62.1 cm³/mol. The van der Waals surface area contributed by atoms with Gasteiger partial charge in [-0.15, -0.1) is 0 Å². The van der Waals surface area contributed by atoms with Crippen molar-refractivity contribution in [2.24, 2.45) is 5.41 Å². The van der Waals surface area contributed by atoms with Crippen molar-refractivity contribution < 1.29 is 14.7 Å². The number of carbonyl (C=O) groups is 2. The van der Waals surface area contributed by atoms with Gasteiger partial charge in [-0.2, -0.15) is 0 Å². The maximum Gasteiger partial charge on any atom is 0.318 e. The lowest BCUT2D eigenvalue weighted by molar-refractivity contribution is -0.158. The second-order valence-corrected chi connectivity index (χ2v) is 4.86. The van der Waals surface area contributed by atoms with E-state index in [1.54, 1.807) is 4.90 Å². The molecular weight excluding hydrogens is 218 g/mol. The molecule has 1 heterocycles. The molecule has 1 amide bonds. The van der Waals surface area contributed by atoms with Crippen LogP contribution in [0.1, 0.15) is 25.0 Å². The van der Waals surface area contributed by atoms with Crippen molar-refractivity contribution in [3.05, 3.63) is 35.4 Å². The zero-order valence-corrected chi connectivity index (χ0v) is 9.93. The lowest BCUT2D eigenvalue weighted by Crippen LogP contribution is -2.42. The summed E-state index contributed by atoms with van der Waals surface area (Å²) in [7, 11) is 0. The van der Waals surface area contributed by atoms with Gasteiger partial charge in [0.05, 0.1) is 0 Å². The second-order valence-electron chi connectivity index (χ2n) is 4.86. The van der Waals surface area contributed by atoms with E-state index in [0.29, 0.717) is 13.1 Å². The lowest BCUT2D eigenvalue weighted by Gasteiger charge is -2.25. The van der Waals surface area contributed by atoms with E-state index in [9.17, 15) is 9.59 Å². The summed E-state index contributed by atoms with van der Waals surface area (Å²) in [6, 6.07) is 7.79. The summed E-state index contributed by atoms with van der Waals surface area (Å²) in [5.41, 5.74) is 0.839. The fourth-order valence-corrected chi connectivity index (χ4v) is 1.96. The molecular formula is C13H15NO3. The molecule has 4 heteroatoms. The molecule has 0 fully saturated rings. The first kappa shape index (κ1) is 11.6. The van der Waals surface area contributed by atoms with Gasteiger partial charge in [0, 0.05) is 13.1 Å². The highest BCUT2D eigenvalue weighted by molar-refractivity contribution is 6.01. The van der Waals surface area contributed by atoms with Crippen LogP contribution in [0, 0.1) is 5.41 Å². The molecule has 4 nitrogen and oxygen atoms in total. The second kappa shape index (κ2) is 3.87. The third-order valence-corrected chi connectivity index (χ3v) is 3.20. The number of hydrogen-bond donors (Lipinski definition) is 1. The van der Waals surface area contributed by atoms with Crippen LogP contribution >= 0.6 is 0 Å². The Hall–Kier alpha value is -1.84. The molecule has 0 spiro atoms. The van der Waals surface area contributed by atoms with E-state index in [1.165, 1.54) is 13.8 Å². The normalized spacial score (nSPS) is 14.6. The number of hydrogen-bond acceptors (Lipinski definition) is 2. The molecule has 17 heavy (non-hydrogen) atoms. The van der Waals surface area contributed by atoms with E-state index in [-0.39, 0.29) is 5.91 Å². The minimum absolute atomic E-state index is 0.332. The first-order chi connectivity index (χ1) is 7.93. The van der Waals surface area contributed by atoms with Gasteiger partial charge in [0.25, 0.3) is 0 Å². The molecule has 1 aromatic rings. The fraction of sp³-hybridized carbons (Fsp3) is 0.385. The summed E-state index contributed by atoms with van der Waals surface area (Å²) in [6.45, 7) is 3.90. The molecule has 1 aromatic carbocycles. The monoisotopic (exact) mass is 233 g/mol. The average molecular weight is 233 g/mol. The van der Waals surface area contributed by atoms with Crippen molar-refractivity contribution in [3.8, 4) is 0 Å². The molecule has 0 saturated heterocycles. The first-order valence-corrected chi connectivity index (χ1v) is 5.52. The summed E-state index contributed by atoms with van der Waals surface area (Å²) in [6.07, 6.45) is 0. The number of carbonyl (C=O) groups excluding carboxylic acids is 1. The number of aliphatic carboxylic acids is 1. The van der Waals surface area contributed by atoms with Gasteiger partial charge in [-0.1, -0.05) is 24.3 Å². The van der Waals surface area contributed by atoms with Crippen molar-refractivity contribution in [2.45, 2.75) is 26.9 Å². The van der Waals surface area contributed by atoms with Crippen molar-refractivity contribution in [1.82, 2.24) is 4.90 Å². The van der Waals surface area contributed by atoms with E-state index >= 15 is 0 Å². The smallest absolute Gasteiger partial charge is 0.318 e. The number of rotatable bonds is 2. The molecule has 90 valence electrons. The van der Waals surface area contributed by atoms with Gasteiger partial charge in [-0.05, 0) is 25.0 Å². The van der Waals surface area contributed by atoms with Crippen LogP contribution in [0.2, 0.25) is 0 Å². The maximum atomic E-state index is 12.1. The van der Waals surface area contributed by atoms with Crippen LogP contribution in [0.25, 0.3) is 0 Å². The number of carboxylic acids is 1. The minimum Gasteiger partial charge on any atom is -0.480 e. The SMILES string of the molecule is CC(C)(C(=O)O)C(=O)N1Cc2ccccc2C1. The maximum absolute atomic E-state index is 12.1. The Balaban J connectivity index is 2.19. The zero-order valence-electron chi connectivity index (χ0n) is 9.93. The van der Waals surface area contributed by atoms with Crippen molar-refractivity contribution in [2.75, 3.05) is 0 Å². The third kappa shape index (κ3) is 1.90. The first-order valence-electron chi connectivity index (χ1n) is 5.52. The van der Waals surface area contributed by atoms with Gasteiger partial charge in [0.1, 0.15) is 5.41 Å². The van der Waals surface area contributed by atoms with E-state index in [0.717, 1.165) is 11.1 Å². The lowest BCUT2D eigenvalue weighted by atomic mass is 9.92. The molecule has 0 radical (unpaired) electrons. The summed E-state index contributed by atoms with van der Waals surface area (Å²) in [5, 5.41) is 9.04. The van der Waals surface area contributed by atoms with Crippen LogP contribution < -0.4 is 0 Å². The highest BCUT2D eigenvalue weighted by Crippen LogP contribution is 2.28. The van der Waals surface area contributed by atoms with Crippen molar-refractivity contribution in [3.63, 3.8) is 0 Å². The van der Waals surface area contributed by atoms with Crippen LogP contribution in [0.15, 0.2) is 24.3 Å². The van der Waals surface area contributed by atoms with Crippen LogP contribution in [-0.4, -0.2) is 21.9 Å². The average Bonchev–Trinajstić information content (AvgIpc) is 2.70. The summed E-state index contributed by atoms with van der Waals surface area (Å²) in [5.74, 6) is -1.42. The van der Waals surface area contributed by atoms with E-state index in [2.05, 4.69) is 0 Å². The topological polar surface area (TPSA) is 57.6 Å². The fourth-order valence-electron chi connectivity index (χ4n) is 1.96. The van der Waals surface area contributed by atoms with E-state index in [1.807, 2.05) is 24.3 Å². The standard InChI is InChI=1S/C13H15NO3/c1-13(2,12(16)17)11(15)14-7-9-5-3-4-6-10(9)8-14/h3-6H,7-8H2,1-2H3,(H,16,17). The number of amides is 1. The van der Waals surface area contributed by atoms with Crippen molar-refractivity contribution >= 4 is 11.9 Å². The van der Waals surface area contributed by atoms with Gasteiger partial charge in [-0.25, -0.2) is 0 Å². The highest BCUT2D eigenvalue weighted by atomic mass is 16.4. The Morgan fingerprint density at radius 2 is 1.65 bits per heavy atom. The molecule has 0 bridgehead atoms. The van der Waals surface area contributed by atoms with Crippen LogP contribution in [0.3, 0.4) is 0 Å². The predicted octanol–water partition coefficient (Wildman–Crippen LogP) is 1.64. The van der Waals surface area contributed by atoms with Crippen LogP contribution in [-0.2, 0) is 22.7 Å². The number of benzene rings is 1. The molecule has 1 aliphatic heterocycles. The van der Waals surface area contributed by atoms with Gasteiger partial charge >= 0.3 is 5.97 Å². The molecule has 0 aromatic heterocycles. The molecule has 2 rings (SSSR count). The number of carboxylic acid groups (broad SMARTS) is 1. The minimum atomic E-state index is -1.36. The Bertz CT molecular complexity index is 454. The zero-order chi connectivity index (χ0) is 12.6. The quantitative estimate of drug-likeness (QED) is 0.790. The van der Waals surface area contributed by atoms with Crippen LogP contribution in [0.4, 0.5) is 0 Å². The van der Waals surface area contributed by atoms with Gasteiger partial charge in [-0.3, -0.25) is 9.59 Å². The Morgan fingerprint density at radius 1 is 1.18 bits per heavy atom. The summed E-state index contributed by atoms with van der Waals surface area (Å²) in [4.78, 5) is 24.8. The number of nitrogens with zero attached hydrogens (tertiary/aromatic N) is 1. The molecule has 0 atom stereocenters. The largest absolute Gasteiger partial charge is 0.480 e. The Labute approximate surface area is 99.9 Å². The van der Waals surface area contributed by atoms with Crippen LogP contribution in [0.5, 0.6) is 0 Å². The van der Waals surface area contributed by atoms with Gasteiger partial charge in [0.15, 0.2) is 0 Å².